The second-order valence-corrected chi connectivity index (χ2v) is 3.77. The number of nitrogens with one attached hydrogen (secondary N) is 1. The van der Waals surface area contributed by atoms with E-state index in [2.05, 4.69) is 32.9 Å². The lowest BCUT2D eigenvalue weighted by atomic mass is 10.1. The predicted octanol–water partition coefficient (Wildman–Crippen LogP) is 3.31. The van der Waals surface area contributed by atoms with Gasteiger partial charge in [0.25, 0.3) is 0 Å². The monoisotopic (exact) mass is 179 g/mol. The normalized spacial score (nSPS) is 9.92. The zero-order valence-corrected chi connectivity index (χ0v) is 8.46. The van der Waals surface area contributed by atoms with Crippen LogP contribution in [0.15, 0.2) is 17.0 Å². The quantitative estimate of drug-likeness (QED) is 0.420. The highest BCUT2D eigenvalue weighted by Gasteiger charge is 2.03. The molecule has 2 heteroatoms. The molecule has 0 unspecified atom stereocenters. The van der Waals surface area contributed by atoms with Gasteiger partial charge in [-0.25, -0.2) is 0 Å². The molecule has 0 fully saturated rings. The highest BCUT2D eigenvalue weighted by Crippen LogP contribution is 2.26. The Balaban J connectivity index is 3.22. The van der Waals surface area contributed by atoms with Crippen LogP contribution in [-0.4, -0.2) is 5.55 Å². The van der Waals surface area contributed by atoms with Gasteiger partial charge in [-0.05, 0) is 37.5 Å². The van der Waals surface area contributed by atoms with Crippen molar-refractivity contribution in [3.63, 3.8) is 0 Å². The third-order valence-electron chi connectivity index (χ3n) is 2.05. The van der Waals surface area contributed by atoms with Crippen LogP contribution < -0.4 is 0 Å². The summed E-state index contributed by atoms with van der Waals surface area (Å²) in [6, 6.07) is 4.23. The summed E-state index contributed by atoms with van der Waals surface area (Å²) < 4.78 is 0. The van der Waals surface area contributed by atoms with Crippen molar-refractivity contribution in [3.8, 4) is 0 Å². The van der Waals surface area contributed by atoms with Crippen molar-refractivity contribution in [2.24, 2.45) is 0 Å². The second kappa shape index (κ2) is 3.76. The van der Waals surface area contributed by atoms with Gasteiger partial charge in [0.15, 0.2) is 0 Å². The van der Waals surface area contributed by atoms with Crippen molar-refractivity contribution in [2.75, 3.05) is 0 Å². The van der Waals surface area contributed by atoms with E-state index in [0.717, 1.165) is 0 Å². The predicted molar refractivity (Wildman–Crippen MR) is 55.3 cm³/mol. The Morgan fingerprint density at radius 2 is 1.75 bits per heavy atom. The molecule has 0 atom stereocenters. The number of rotatable bonds is 2. The van der Waals surface area contributed by atoms with Gasteiger partial charge in [-0.3, -0.25) is 0 Å². The summed E-state index contributed by atoms with van der Waals surface area (Å²) in [6.07, 6.45) is 0. The Kier molecular flexibility index (Phi) is 2.93. The molecule has 0 aliphatic rings. The third kappa shape index (κ3) is 1.69. The fraction of sp³-hybridized carbons (Fsp3) is 0.300. The molecule has 1 aromatic carbocycles. The molecule has 1 nitrogen and oxygen atoms in total. The molecule has 0 heterocycles. The van der Waals surface area contributed by atoms with E-state index in [4.69, 9.17) is 5.41 Å². The maximum atomic E-state index is 7.04. The molecule has 0 aromatic heterocycles. The maximum absolute atomic E-state index is 7.04. The largest absolute Gasteiger partial charge is 0.302 e. The van der Waals surface area contributed by atoms with Gasteiger partial charge in [-0.15, -0.1) is 0 Å². The molecule has 12 heavy (non-hydrogen) atoms. The van der Waals surface area contributed by atoms with Crippen LogP contribution in [0.25, 0.3) is 0 Å². The summed E-state index contributed by atoms with van der Waals surface area (Å²) in [6.45, 7) is 6.29. The zero-order chi connectivity index (χ0) is 9.14. The Morgan fingerprint density at radius 3 is 2.33 bits per heavy atom. The van der Waals surface area contributed by atoms with Gasteiger partial charge in [0, 0.05) is 4.90 Å². The molecular formula is C10H13NS. The molecule has 0 saturated carbocycles. The number of thioether (sulfide) groups is 1. The van der Waals surface area contributed by atoms with Crippen molar-refractivity contribution >= 4 is 17.3 Å². The number of hydrogen-bond donors (Lipinski definition) is 1. The highest BCUT2D eigenvalue weighted by atomic mass is 32.2. The number of hydrogen-bond acceptors (Lipinski definition) is 2. The Hall–Kier alpha value is -0.760. The summed E-state index contributed by atoms with van der Waals surface area (Å²) in [4.78, 5) is 1.23. The van der Waals surface area contributed by atoms with E-state index in [0.29, 0.717) is 0 Å². The third-order valence-corrected chi connectivity index (χ3v) is 3.03. The van der Waals surface area contributed by atoms with Crippen LogP contribution >= 0.6 is 11.8 Å². The molecule has 0 radical (unpaired) electrons. The van der Waals surface area contributed by atoms with Crippen molar-refractivity contribution in [3.05, 3.63) is 28.8 Å². The first-order valence-corrected chi connectivity index (χ1v) is 4.77. The molecule has 1 rings (SSSR count). The van der Waals surface area contributed by atoms with Crippen molar-refractivity contribution in [1.29, 1.82) is 5.41 Å². The van der Waals surface area contributed by atoms with E-state index < -0.39 is 0 Å². The fourth-order valence-corrected chi connectivity index (χ4v) is 1.88. The molecule has 64 valence electrons. The van der Waals surface area contributed by atoms with Gasteiger partial charge in [0.1, 0.15) is 0 Å². The molecule has 0 bridgehead atoms. The van der Waals surface area contributed by atoms with Gasteiger partial charge >= 0.3 is 0 Å². The molecule has 1 N–H and O–H groups in total. The van der Waals surface area contributed by atoms with E-state index in [1.54, 1.807) is 0 Å². The Bertz CT molecular complexity index is 305. The summed E-state index contributed by atoms with van der Waals surface area (Å²) in [7, 11) is 0. The molecule has 0 spiro atoms. The van der Waals surface area contributed by atoms with Crippen LogP contribution in [0.5, 0.6) is 0 Å². The SMILES string of the molecule is Cc1ccc(C)c(SC=N)c1C. The second-order valence-electron chi connectivity index (χ2n) is 2.89. The van der Waals surface area contributed by atoms with Crippen LogP contribution in [0.1, 0.15) is 16.7 Å². The van der Waals surface area contributed by atoms with Crippen LogP contribution in [0.2, 0.25) is 0 Å². The first-order chi connectivity index (χ1) is 5.66. The minimum atomic E-state index is 1.23. The lowest BCUT2D eigenvalue weighted by Crippen LogP contribution is -1.88. The van der Waals surface area contributed by atoms with Gasteiger partial charge in [-0.2, -0.15) is 0 Å². The zero-order valence-electron chi connectivity index (χ0n) is 7.64. The summed E-state index contributed by atoms with van der Waals surface area (Å²) in [5.74, 6) is 0. The van der Waals surface area contributed by atoms with Crippen LogP contribution in [0.3, 0.4) is 0 Å². The average Bonchev–Trinajstić information content (AvgIpc) is 2.06. The molecule has 0 amide bonds. The summed E-state index contributed by atoms with van der Waals surface area (Å²) in [5, 5.41) is 7.04. The van der Waals surface area contributed by atoms with E-state index in [1.165, 1.54) is 38.9 Å². The molecule has 1 aromatic rings. The van der Waals surface area contributed by atoms with Crippen LogP contribution in [0, 0.1) is 26.2 Å². The standard InChI is InChI=1S/C10H13NS/c1-7-4-5-8(2)10(9(7)3)12-6-11/h4-6,11H,1-3H3. The minimum Gasteiger partial charge on any atom is -0.302 e. The average molecular weight is 179 g/mol. The minimum absolute atomic E-state index is 1.23. The van der Waals surface area contributed by atoms with E-state index in [-0.39, 0.29) is 0 Å². The Labute approximate surface area is 77.7 Å². The van der Waals surface area contributed by atoms with E-state index in [9.17, 15) is 0 Å². The lowest BCUT2D eigenvalue weighted by Gasteiger charge is -2.08. The van der Waals surface area contributed by atoms with E-state index >= 15 is 0 Å². The van der Waals surface area contributed by atoms with Gasteiger partial charge in [0.05, 0.1) is 5.55 Å². The Morgan fingerprint density at radius 1 is 1.17 bits per heavy atom. The van der Waals surface area contributed by atoms with Crippen LogP contribution in [-0.2, 0) is 0 Å². The van der Waals surface area contributed by atoms with Gasteiger partial charge < -0.3 is 5.41 Å². The molecular weight excluding hydrogens is 166 g/mol. The maximum Gasteiger partial charge on any atom is 0.0554 e. The van der Waals surface area contributed by atoms with Gasteiger partial charge in [0.2, 0.25) is 0 Å². The highest BCUT2D eigenvalue weighted by molar-refractivity contribution is 8.12. The van der Waals surface area contributed by atoms with Gasteiger partial charge in [-0.1, -0.05) is 23.9 Å². The fourth-order valence-electron chi connectivity index (χ4n) is 1.17. The number of benzene rings is 1. The van der Waals surface area contributed by atoms with Crippen molar-refractivity contribution < 1.29 is 0 Å². The smallest absolute Gasteiger partial charge is 0.0554 e. The molecule has 0 aliphatic carbocycles. The van der Waals surface area contributed by atoms with Crippen LogP contribution in [0.4, 0.5) is 0 Å². The summed E-state index contributed by atoms with van der Waals surface area (Å²) in [5.41, 5.74) is 5.23. The molecule has 0 aliphatic heterocycles. The summed E-state index contributed by atoms with van der Waals surface area (Å²) >= 11 is 1.48. The number of aryl methyl sites for hydroxylation is 2. The topological polar surface area (TPSA) is 23.9 Å². The first-order valence-electron chi connectivity index (χ1n) is 3.89. The van der Waals surface area contributed by atoms with E-state index in [1.807, 2.05) is 0 Å². The van der Waals surface area contributed by atoms with Crippen molar-refractivity contribution in [1.82, 2.24) is 0 Å². The first kappa shape index (κ1) is 9.33. The lowest BCUT2D eigenvalue weighted by molar-refractivity contribution is 1.18. The molecule has 0 saturated heterocycles. The van der Waals surface area contributed by atoms with Crippen molar-refractivity contribution in [2.45, 2.75) is 25.7 Å².